The number of nitrogens with one attached hydrogen (secondary N) is 1. The second kappa shape index (κ2) is 7.09. The molecule has 24 heavy (non-hydrogen) atoms. The number of nitrogens with zero attached hydrogens (tertiary/aromatic N) is 3. The molecule has 0 saturated carbocycles. The summed E-state index contributed by atoms with van der Waals surface area (Å²) >= 11 is 0. The fourth-order valence-electron chi connectivity index (χ4n) is 1.99. The predicted molar refractivity (Wildman–Crippen MR) is 86.0 cm³/mol. The molecule has 122 valence electrons. The second-order valence-electron chi connectivity index (χ2n) is 4.77. The number of benzene rings is 2. The van der Waals surface area contributed by atoms with E-state index in [1.165, 1.54) is 43.3 Å². The van der Waals surface area contributed by atoms with Crippen molar-refractivity contribution in [3.05, 3.63) is 79.4 Å². The first-order chi connectivity index (χ1) is 11.4. The number of nitro benzene ring substituents is 2. The number of hydrazone groups is 1. The van der Waals surface area contributed by atoms with Crippen LogP contribution in [0.4, 0.5) is 11.4 Å². The zero-order valence-corrected chi connectivity index (χ0v) is 12.5. The molecule has 0 heterocycles. The number of nitro groups is 2. The van der Waals surface area contributed by atoms with E-state index in [1.807, 2.05) is 0 Å². The second-order valence-corrected chi connectivity index (χ2v) is 4.77. The molecular weight excluding hydrogens is 316 g/mol. The zero-order valence-electron chi connectivity index (χ0n) is 12.5. The summed E-state index contributed by atoms with van der Waals surface area (Å²) in [5.74, 6) is -0.581. The van der Waals surface area contributed by atoms with E-state index in [4.69, 9.17) is 0 Å². The number of amides is 1. The molecule has 0 spiro atoms. The van der Waals surface area contributed by atoms with Crippen LogP contribution in [0.2, 0.25) is 0 Å². The van der Waals surface area contributed by atoms with E-state index in [1.54, 1.807) is 6.07 Å². The number of hydrogen-bond donors (Lipinski definition) is 1. The topological polar surface area (TPSA) is 128 Å². The van der Waals surface area contributed by atoms with E-state index >= 15 is 0 Å². The minimum atomic E-state index is -0.581. The Morgan fingerprint density at radius 3 is 2.38 bits per heavy atom. The van der Waals surface area contributed by atoms with Crippen LogP contribution >= 0.6 is 0 Å². The Morgan fingerprint density at radius 2 is 1.75 bits per heavy atom. The van der Waals surface area contributed by atoms with Crippen molar-refractivity contribution in [2.75, 3.05) is 0 Å². The van der Waals surface area contributed by atoms with Crippen molar-refractivity contribution < 1.29 is 14.6 Å². The molecule has 0 unspecified atom stereocenters. The number of carbonyl (C=O) groups excluding carboxylic acids is 1. The molecule has 0 aliphatic carbocycles. The molecule has 2 aromatic rings. The largest absolute Gasteiger partial charge is 0.278 e. The Bertz CT molecular complexity index is 848. The van der Waals surface area contributed by atoms with E-state index in [0.717, 1.165) is 6.21 Å². The third-order valence-electron chi connectivity index (χ3n) is 3.16. The molecule has 0 aromatic heterocycles. The van der Waals surface area contributed by atoms with Crippen LogP contribution in [0.3, 0.4) is 0 Å². The first kappa shape index (κ1) is 16.7. The molecule has 2 rings (SSSR count). The van der Waals surface area contributed by atoms with Crippen molar-refractivity contribution in [1.82, 2.24) is 5.43 Å². The van der Waals surface area contributed by atoms with E-state index in [-0.39, 0.29) is 22.5 Å². The summed E-state index contributed by atoms with van der Waals surface area (Å²) in [5, 5.41) is 25.3. The third-order valence-corrected chi connectivity index (χ3v) is 3.16. The summed E-state index contributed by atoms with van der Waals surface area (Å²) in [6.07, 6.45) is 1.16. The molecule has 1 N–H and O–H groups in total. The van der Waals surface area contributed by atoms with Crippen LogP contribution in [-0.4, -0.2) is 22.0 Å². The first-order valence-electron chi connectivity index (χ1n) is 6.72. The molecule has 2 aromatic carbocycles. The molecule has 0 bridgehead atoms. The highest BCUT2D eigenvalue weighted by Gasteiger charge is 2.14. The van der Waals surface area contributed by atoms with E-state index in [0.29, 0.717) is 5.56 Å². The highest BCUT2D eigenvalue weighted by Crippen LogP contribution is 2.19. The molecule has 0 aliphatic heterocycles. The summed E-state index contributed by atoms with van der Waals surface area (Å²) in [6.45, 7) is 1.52. The summed E-state index contributed by atoms with van der Waals surface area (Å²) in [4.78, 5) is 32.5. The van der Waals surface area contributed by atoms with Gasteiger partial charge in [-0.25, -0.2) is 5.43 Å². The van der Waals surface area contributed by atoms with Crippen molar-refractivity contribution in [2.24, 2.45) is 5.10 Å². The van der Waals surface area contributed by atoms with Gasteiger partial charge in [0.15, 0.2) is 0 Å². The van der Waals surface area contributed by atoms with Gasteiger partial charge >= 0.3 is 0 Å². The maximum Gasteiger partial charge on any atom is 0.278 e. The van der Waals surface area contributed by atoms with Crippen molar-refractivity contribution in [3.63, 3.8) is 0 Å². The van der Waals surface area contributed by atoms with Gasteiger partial charge in [-0.3, -0.25) is 25.0 Å². The third kappa shape index (κ3) is 3.77. The maximum absolute atomic E-state index is 12.0. The van der Waals surface area contributed by atoms with E-state index in [9.17, 15) is 25.0 Å². The number of aryl methyl sites for hydroxylation is 1. The lowest BCUT2D eigenvalue weighted by Gasteiger charge is -2.02. The minimum Gasteiger partial charge on any atom is -0.267 e. The molecule has 9 nitrogen and oxygen atoms in total. The van der Waals surface area contributed by atoms with Crippen molar-refractivity contribution in [3.8, 4) is 0 Å². The molecule has 1 amide bonds. The standard InChI is InChI=1S/C15H12N4O5/c1-10-8-11(6-7-13(10)18(21)22)15(20)17-16-9-12-4-2-3-5-14(12)19(23)24/h2-9H,1H3,(H,17,20)/b16-9+. The number of hydrogen-bond acceptors (Lipinski definition) is 6. The Balaban J connectivity index is 2.12. The first-order valence-corrected chi connectivity index (χ1v) is 6.72. The fraction of sp³-hybridized carbons (Fsp3) is 0.0667. The van der Waals surface area contributed by atoms with Crippen LogP contribution in [-0.2, 0) is 0 Å². The molecule has 0 radical (unpaired) electrons. The van der Waals surface area contributed by atoms with Crippen LogP contribution < -0.4 is 5.43 Å². The molecule has 9 heteroatoms. The monoisotopic (exact) mass is 328 g/mol. The average Bonchev–Trinajstić information content (AvgIpc) is 2.54. The lowest BCUT2D eigenvalue weighted by Crippen LogP contribution is -2.18. The summed E-state index contributed by atoms with van der Waals surface area (Å²) in [6, 6.07) is 9.85. The van der Waals surface area contributed by atoms with Crippen LogP contribution in [0.5, 0.6) is 0 Å². The van der Waals surface area contributed by atoms with E-state index in [2.05, 4.69) is 10.5 Å². The van der Waals surface area contributed by atoms with Crippen molar-refractivity contribution >= 4 is 23.5 Å². The lowest BCUT2D eigenvalue weighted by molar-refractivity contribution is -0.385. The van der Waals surface area contributed by atoms with Gasteiger partial charge < -0.3 is 0 Å². The van der Waals surface area contributed by atoms with Gasteiger partial charge in [-0.15, -0.1) is 0 Å². The van der Waals surface area contributed by atoms with Gasteiger partial charge in [0.1, 0.15) is 0 Å². The predicted octanol–water partition coefficient (Wildman–Crippen LogP) is 2.58. The Kier molecular flexibility index (Phi) is 4.95. The van der Waals surface area contributed by atoms with Crippen molar-refractivity contribution in [1.29, 1.82) is 0 Å². The summed E-state index contributed by atoms with van der Waals surface area (Å²) in [7, 11) is 0. The minimum absolute atomic E-state index is 0.0880. The van der Waals surface area contributed by atoms with E-state index < -0.39 is 15.8 Å². The molecular formula is C15H12N4O5. The maximum atomic E-state index is 12.0. The van der Waals surface area contributed by atoms with Crippen LogP contribution in [0, 0.1) is 27.2 Å². The number of rotatable bonds is 5. The lowest BCUT2D eigenvalue weighted by atomic mass is 10.1. The number of para-hydroxylation sites is 1. The molecule has 0 fully saturated rings. The van der Waals surface area contributed by atoms with Gasteiger partial charge in [-0.1, -0.05) is 12.1 Å². The smallest absolute Gasteiger partial charge is 0.267 e. The van der Waals surface area contributed by atoms with Gasteiger partial charge in [-0.2, -0.15) is 5.10 Å². The Hall–Kier alpha value is -3.62. The Labute approximate surface area is 135 Å². The van der Waals surface area contributed by atoms with Crippen LogP contribution in [0.1, 0.15) is 21.5 Å². The Morgan fingerprint density at radius 1 is 1.08 bits per heavy atom. The fourth-order valence-corrected chi connectivity index (χ4v) is 1.99. The van der Waals surface area contributed by atoms with Crippen LogP contribution in [0.15, 0.2) is 47.6 Å². The molecule has 0 saturated heterocycles. The van der Waals surface area contributed by atoms with Gasteiger partial charge in [0.05, 0.1) is 21.6 Å². The molecule has 0 aliphatic rings. The van der Waals surface area contributed by atoms with Gasteiger partial charge in [0, 0.05) is 23.3 Å². The van der Waals surface area contributed by atoms with Crippen LogP contribution in [0.25, 0.3) is 0 Å². The summed E-state index contributed by atoms with van der Waals surface area (Å²) in [5.41, 5.74) is 2.78. The quantitative estimate of drug-likeness (QED) is 0.512. The van der Waals surface area contributed by atoms with Crippen molar-refractivity contribution in [2.45, 2.75) is 6.92 Å². The van der Waals surface area contributed by atoms with Gasteiger partial charge in [0.2, 0.25) is 0 Å². The highest BCUT2D eigenvalue weighted by molar-refractivity contribution is 5.95. The molecule has 0 atom stereocenters. The van der Waals surface area contributed by atoms with Gasteiger partial charge in [-0.05, 0) is 25.1 Å². The highest BCUT2D eigenvalue weighted by atomic mass is 16.6. The number of carbonyl (C=O) groups is 1. The zero-order chi connectivity index (χ0) is 17.7. The summed E-state index contributed by atoms with van der Waals surface area (Å²) < 4.78 is 0. The SMILES string of the molecule is Cc1cc(C(=O)N/N=C/c2ccccc2[N+](=O)[O-])ccc1[N+](=O)[O-]. The normalized spacial score (nSPS) is 10.5. The average molecular weight is 328 g/mol. The van der Waals surface area contributed by atoms with Gasteiger partial charge in [0.25, 0.3) is 17.3 Å².